The number of fused-ring (bicyclic) bond motifs is 1. The highest BCUT2D eigenvalue weighted by Gasteiger charge is 2.24. The molecule has 3 aromatic carbocycles. The zero-order chi connectivity index (χ0) is 20.9. The fourth-order valence-electron chi connectivity index (χ4n) is 4.02. The largest absolute Gasteiger partial charge is 0.361 e. The molecule has 0 aliphatic carbocycles. The second kappa shape index (κ2) is 8.95. The number of benzene rings is 3. The van der Waals surface area contributed by atoms with Gasteiger partial charge in [-0.1, -0.05) is 73.7 Å². The van der Waals surface area contributed by atoms with Gasteiger partial charge in [0.2, 0.25) is 5.91 Å². The van der Waals surface area contributed by atoms with Crippen LogP contribution in [0.5, 0.6) is 0 Å². The highest BCUT2D eigenvalue weighted by atomic mass is 19.1. The van der Waals surface area contributed by atoms with Crippen LogP contribution in [0, 0.1) is 5.82 Å². The van der Waals surface area contributed by atoms with Crippen molar-refractivity contribution in [2.24, 2.45) is 0 Å². The number of amides is 1. The monoisotopic (exact) mass is 400 g/mol. The average Bonchev–Trinajstić information content (AvgIpc) is 3.21. The fraction of sp³-hybridized carbons (Fsp3) is 0.192. The number of rotatable bonds is 7. The van der Waals surface area contributed by atoms with E-state index >= 15 is 0 Å². The first-order valence-corrected chi connectivity index (χ1v) is 10.3. The molecule has 4 rings (SSSR count). The maximum Gasteiger partial charge on any atom is 0.221 e. The normalized spacial score (nSPS) is 12.1. The lowest BCUT2D eigenvalue weighted by Gasteiger charge is -2.18. The van der Waals surface area contributed by atoms with Crippen molar-refractivity contribution in [2.45, 2.75) is 32.2 Å². The van der Waals surface area contributed by atoms with Crippen LogP contribution in [0.1, 0.15) is 41.5 Å². The zero-order valence-corrected chi connectivity index (χ0v) is 17.0. The maximum absolute atomic E-state index is 14.7. The number of H-pyrrole nitrogens is 1. The highest BCUT2D eigenvalue weighted by molar-refractivity contribution is 5.88. The van der Waals surface area contributed by atoms with Crippen molar-refractivity contribution in [3.8, 4) is 0 Å². The summed E-state index contributed by atoms with van der Waals surface area (Å²) in [6.45, 7) is 2.57. The summed E-state index contributed by atoms with van der Waals surface area (Å²) >= 11 is 0. The number of nitrogens with one attached hydrogen (secondary N) is 2. The van der Waals surface area contributed by atoms with Crippen LogP contribution in [0.2, 0.25) is 0 Å². The molecule has 1 heterocycles. The van der Waals surface area contributed by atoms with E-state index in [1.54, 1.807) is 12.1 Å². The second-order valence-electron chi connectivity index (χ2n) is 7.48. The average molecular weight is 400 g/mol. The molecule has 0 fully saturated rings. The van der Waals surface area contributed by atoms with Gasteiger partial charge in [-0.2, -0.15) is 0 Å². The van der Waals surface area contributed by atoms with Gasteiger partial charge < -0.3 is 10.3 Å². The Labute approximate surface area is 176 Å². The molecular formula is C26H25FN2O. The van der Waals surface area contributed by atoms with Gasteiger partial charge >= 0.3 is 0 Å². The SMILES string of the molecule is CCc1cccc2c([C@@H](CC(=O)NCc3ccccc3)c3ccccc3F)c[nH]c12. The minimum absolute atomic E-state index is 0.104. The molecule has 3 nitrogen and oxygen atoms in total. The predicted molar refractivity (Wildman–Crippen MR) is 119 cm³/mol. The maximum atomic E-state index is 14.7. The van der Waals surface area contributed by atoms with Crippen molar-refractivity contribution in [2.75, 3.05) is 0 Å². The van der Waals surface area contributed by atoms with Crippen LogP contribution in [0.3, 0.4) is 0 Å². The Balaban J connectivity index is 1.66. The summed E-state index contributed by atoms with van der Waals surface area (Å²) in [7, 11) is 0. The lowest BCUT2D eigenvalue weighted by atomic mass is 9.87. The summed E-state index contributed by atoms with van der Waals surface area (Å²) < 4.78 is 14.7. The first-order valence-electron chi connectivity index (χ1n) is 10.3. The number of aryl methyl sites for hydroxylation is 1. The number of aromatic amines is 1. The molecule has 0 bridgehead atoms. The molecule has 0 aliphatic rings. The Morgan fingerprint density at radius 2 is 1.73 bits per heavy atom. The third-order valence-electron chi connectivity index (χ3n) is 5.59. The van der Waals surface area contributed by atoms with Crippen molar-refractivity contribution in [1.82, 2.24) is 10.3 Å². The second-order valence-corrected chi connectivity index (χ2v) is 7.48. The van der Waals surface area contributed by atoms with Crippen LogP contribution in [0.4, 0.5) is 4.39 Å². The summed E-state index contributed by atoms with van der Waals surface area (Å²) in [5, 5.41) is 4.02. The van der Waals surface area contributed by atoms with Crippen molar-refractivity contribution in [3.05, 3.63) is 107 Å². The summed E-state index contributed by atoms with van der Waals surface area (Å²) in [5.74, 6) is -0.768. The van der Waals surface area contributed by atoms with Gasteiger partial charge in [-0.25, -0.2) is 4.39 Å². The minimum atomic E-state index is -0.372. The van der Waals surface area contributed by atoms with E-state index in [9.17, 15) is 9.18 Å². The molecule has 152 valence electrons. The number of carbonyl (C=O) groups is 1. The lowest BCUT2D eigenvalue weighted by Crippen LogP contribution is -2.25. The zero-order valence-electron chi connectivity index (χ0n) is 17.0. The highest BCUT2D eigenvalue weighted by Crippen LogP contribution is 2.35. The number of halogens is 1. The quantitative estimate of drug-likeness (QED) is 0.410. The van der Waals surface area contributed by atoms with Crippen LogP contribution in [-0.4, -0.2) is 10.9 Å². The standard InChI is InChI=1S/C26H25FN2O/c1-2-19-11-8-13-21-23(17-29-26(19)21)22(20-12-6-7-14-24(20)27)15-25(30)28-16-18-9-4-3-5-10-18/h3-14,17,22,29H,2,15-16H2,1H3,(H,28,30)/t22-/m0/s1. The Morgan fingerprint density at radius 1 is 0.967 bits per heavy atom. The molecule has 1 atom stereocenters. The van der Waals surface area contributed by atoms with Crippen LogP contribution < -0.4 is 5.32 Å². The number of carbonyl (C=O) groups excluding carboxylic acids is 1. The summed E-state index contributed by atoms with van der Waals surface area (Å²) in [4.78, 5) is 16.2. The molecule has 0 radical (unpaired) electrons. The number of hydrogen-bond donors (Lipinski definition) is 2. The molecule has 0 saturated carbocycles. The van der Waals surface area contributed by atoms with Crippen LogP contribution in [0.15, 0.2) is 79.0 Å². The van der Waals surface area contributed by atoms with Crippen molar-refractivity contribution < 1.29 is 9.18 Å². The van der Waals surface area contributed by atoms with Gasteiger partial charge in [-0.3, -0.25) is 4.79 Å². The van der Waals surface area contributed by atoms with E-state index < -0.39 is 0 Å². The van der Waals surface area contributed by atoms with Crippen molar-refractivity contribution >= 4 is 16.8 Å². The molecule has 2 N–H and O–H groups in total. The third kappa shape index (κ3) is 4.13. The molecular weight excluding hydrogens is 375 g/mol. The summed E-state index contributed by atoms with van der Waals surface area (Å²) in [6.07, 6.45) is 3.00. The molecule has 30 heavy (non-hydrogen) atoms. The van der Waals surface area contributed by atoms with Gasteiger partial charge in [-0.15, -0.1) is 0 Å². The molecule has 0 aliphatic heterocycles. The van der Waals surface area contributed by atoms with E-state index in [2.05, 4.69) is 23.3 Å². The smallest absolute Gasteiger partial charge is 0.221 e. The Kier molecular flexibility index (Phi) is 5.94. The van der Waals surface area contributed by atoms with Gasteiger partial charge in [0.25, 0.3) is 0 Å². The first-order chi connectivity index (χ1) is 14.7. The van der Waals surface area contributed by atoms with Crippen LogP contribution in [-0.2, 0) is 17.8 Å². The van der Waals surface area contributed by atoms with E-state index in [4.69, 9.17) is 0 Å². The summed E-state index contributed by atoms with van der Waals surface area (Å²) in [6, 6.07) is 22.7. The van der Waals surface area contributed by atoms with E-state index in [1.165, 1.54) is 11.6 Å². The molecule has 4 heteroatoms. The molecule has 1 aromatic heterocycles. The number of aromatic nitrogens is 1. The van der Waals surface area contributed by atoms with Crippen LogP contribution in [0.25, 0.3) is 10.9 Å². The Hall–Kier alpha value is -3.40. The number of para-hydroxylation sites is 1. The first kappa shape index (κ1) is 19.9. The molecule has 0 spiro atoms. The molecule has 0 unspecified atom stereocenters. The Bertz CT molecular complexity index is 1150. The van der Waals surface area contributed by atoms with E-state index in [-0.39, 0.29) is 24.1 Å². The van der Waals surface area contributed by atoms with Crippen LogP contribution >= 0.6 is 0 Å². The summed E-state index contributed by atoms with van der Waals surface area (Å²) in [5.41, 5.74) is 4.78. The minimum Gasteiger partial charge on any atom is -0.361 e. The van der Waals surface area contributed by atoms with E-state index in [1.807, 2.05) is 54.7 Å². The van der Waals surface area contributed by atoms with Gasteiger partial charge in [0.15, 0.2) is 0 Å². The van der Waals surface area contributed by atoms with Crippen molar-refractivity contribution in [1.29, 1.82) is 0 Å². The number of hydrogen-bond acceptors (Lipinski definition) is 1. The van der Waals surface area contributed by atoms with Crippen molar-refractivity contribution in [3.63, 3.8) is 0 Å². The van der Waals surface area contributed by atoms with Gasteiger partial charge in [0, 0.05) is 36.0 Å². The van der Waals surface area contributed by atoms with E-state index in [0.29, 0.717) is 12.1 Å². The molecule has 4 aromatic rings. The van der Waals surface area contributed by atoms with E-state index in [0.717, 1.165) is 28.5 Å². The van der Waals surface area contributed by atoms with Gasteiger partial charge in [0.1, 0.15) is 5.82 Å². The third-order valence-corrected chi connectivity index (χ3v) is 5.59. The predicted octanol–water partition coefficient (Wildman–Crippen LogP) is 5.71. The fourth-order valence-corrected chi connectivity index (χ4v) is 4.02. The molecule has 0 saturated heterocycles. The lowest BCUT2D eigenvalue weighted by molar-refractivity contribution is -0.121. The Morgan fingerprint density at radius 3 is 2.50 bits per heavy atom. The van der Waals surface area contributed by atoms with Gasteiger partial charge in [-0.05, 0) is 34.7 Å². The molecule has 1 amide bonds. The topological polar surface area (TPSA) is 44.9 Å². The van der Waals surface area contributed by atoms with Gasteiger partial charge in [0.05, 0.1) is 0 Å².